The number of ether oxygens (including phenoxy) is 1. The van der Waals surface area contributed by atoms with Gasteiger partial charge in [-0.3, -0.25) is 4.55 Å². The first kappa shape index (κ1) is 14.4. The van der Waals surface area contributed by atoms with Crippen LogP contribution in [0.15, 0.2) is 48.5 Å². The molecular formula is C14H14O5S. The lowest BCUT2D eigenvalue weighted by atomic mass is 10.2. The number of hydrogen-bond acceptors (Lipinski definition) is 4. The van der Waals surface area contributed by atoms with Crippen molar-refractivity contribution in [2.75, 3.05) is 0 Å². The number of aromatic hydroxyl groups is 1. The van der Waals surface area contributed by atoms with Crippen molar-refractivity contribution in [3.63, 3.8) is 0 Å². The molecule has 0 unspecified atom stereocenters. The molecule has 0 aliphatic heterocycles. The third-order valence-electron chi connectivity index (χ3n) is 2.62. The largest absolute Gasteiger partial charge is 0.508 e. The molecule has 0 aliphatic carbocycles. The molecule has 2 N–H and O–H groups in total. The van der Waals surface area contributed by atoms with Gasteiger partial charge in [0.25, 0.3) is 10.1 Å². The summed E-state index contributed by atoms with van der Waals surface area (Å²) in [5, 5.41) is 9.39. The zero-order chi connectivity index (χ0) is 14.6. The molecule has 2 aromatic carbocycles. The van der Waals surface area contributed by atoms with Gasteiger partial charge in [0.1, 0.15) is 23.9 Å². The summed E-state index contributed by atoms with van der Waals surface area (Å²) in [5.41, 5.74) is 1.14. The van der Waals surface area contributed by atoms with Crippen LogP contribution in [0.4, 0.5) is 0 Å². The maximum absolute atomic E-state index is 11.0. The highest BCUT2D eigenvalue weighted by Gasteiger charge is 2.13. The number of benzene rings is 2. The molecule has 2 aromatic rings. The van der Waals surface area contributed by atoms with Crippen molar-refractivity contribution in [1.29, 1.82) is 0 Å². The summed E-state index contributed by atoms with van der Waals surface area (Å²) in [7, 11) is -4.19. The van der Waals surface area contributed by atoms with Crippen LogP contribution in [-0.4, -0.2) is 18.1 Å². The quantitative estimate of drug-likeness (QED) is 0.827. The molecule has 0 heterocycles. The fraction of sp³-hybridized carbons (Fsp3) is 0.143. The predicted molar refractivity (Wildman–Crippen MR) is 74.1 cm³/mol. The first-order valence-electron chi connectivity index (χ1n) is 5.88. The van der Waals surface area contributed by atoms with Gasteiger partial charge in [0.15, 0.2) is 0 Å². The average Bonchev–Trinajstić information content (AvgIpc) is 2.37. The molecule has 0 bridgehead atoms. The van der Waals surface area contributed by atoms with Crippen molar-refractivity contribution in [3.05, 3.63) is 59.7 Å². The molecule has 0 spiro atoms. The van der Waals surface area contributed by atoms with Crippen LogP contribution in [0.2, 0.25) is 0 Å². The minimum atomic E-state index is -4.19. The minimum absolute atomic E-state index is 0.0873. The van der Waals surface area contributed by atoms with Gasteiger partial charge in [-0.1, -0.05) is 30.3 Å². The van der Waals surface area contributed by atoms with Crippen LogP contribution in [0.3, 0.4) is 0 Å². The highest BCUT2D eigenvalue weighted by Crippen LogP contribution is 2.26. The lowest BCUT2D eigenvalue weighted by molar-refractivity contribution is 0.303. The van der Waals surface area contributed by atoms with Gasteiger partial charge in [0.05, 0.1) is 0 Å². The molecule has 0 fully saturated rings. The van der Waals surface area contributed by atoms with Gasteiger partial charge in [-0.25, -0.2) is 0 Å². The second kappa shape index (κ2) is 5.94. The monoisotopic (exact) mass is 294 g/mol. The molecule has 5 nitrogen and oxygen atoms in total. The highest BCUT2D eigenvalue weighted by atomic mass is 32.2. The Labute approximate surface area is 117 Å². The lowest BCUT2D eigenvalue weighted by Gasteiger charge is -2.11. The van der Waals surface area contributed by atoms with Crippen molar-refractivity contribution in [2.24, 2.45) is 0 Å². The van der Waals surface area contributed by atoms with E-state index >= 15 is 0 Å². The Bertz CT molecular complexity index is 680. The van der Waals surface area contributed by atoms with Crippen LogP contribution in [0.25, 0.3) is 0 Å². The lowest BCUT2D eigenvalue weighted by Crippen LogP contribution is -2.05. The van der Waals surface area contributed by atoms with E-state index in [1.807, 2.05) is 30.3 Å². The third kappa shape index (κ3) is 4.25. The van der Waals surface area contributed by atoms with Gasteiger partial charge in [-0.05, 0) is 23.8 Å². The first-order valence-corrected chi connectivity index (χ1v) is 7.49. The zero-order valence-corrected chi connectivity index (χ0v) is 11.4. The molecule has 0 saturated carbocycles. The summed E-state index contributed by atoms with van der Waals surface area (Å²) in [6.45, 7) is 0.268. The van der Waals surface area contributed by atoms with Crippen LogP contribution in [-0.2, 0) is 22.5 Å². The summed E-state index contributed by atoms with van der Waals surface area (Å²) < 4.78 is 36.4. The van der Waals surface area contributed by atoms with E-state index in [1.165, 1.54) is 18.2 Å². The maximum Gasteiger partial charge on any atom is 0.269 e. The second-order valence-electron chi connectivity index (χ2n) is 4.29. The molecule has 0 amide bonds. The van der Waals surface area contributed by atoms with Gasteiger partial charge in [0, 0.05) is 5.56 Å². The molecule has 6 heteroatoms. The smallest absolute Gasteiger partial charge is 0.269 e. The van der Waals surface area contributed by atoms with Gasteiger partial charge >= 0.3 is 0 Å². The minimum Gasteiger partial charge on any atom is -0.508 e. The molecule has 0 aliphatic rings. The van der Waals surface area contributed by atoms with Crippen molar-refractivity contribution < 1.29 is 22.8 Å². The van der Waals surface area contributed by atoms with E-state index in [-0.39, 0.29) is 17.9 Å². The van der Waals surface area contributed by atoms with Gasteiger partial charge in [0.2, 0.25) is 0 Å². The van der Waals surface area contributed by atoms with Crippen molar-refractivity contribution in [2.45, 2.75) is 12.4 Å². The first-order chi connectivity index (χ1) is 9.44. The predicted octanol–water partition coefficient (Wildman–Crippen LogP) is 2.36. The zero-order valence-electron chi connectivity index (χ0n) is 10.6. The highest BCUT2D eigenvalue weighted by molar-refractivity contribution is 7.85. The molecule has 106 valence electrons. The van der Waals surface area contributed by atoms with Crippen molar-refractivity contribution in [3.8, 4) is 11.5 Å². The van der Waals surface area contributed by atoms with Crippen LogP contribution in [0, 0.1) is 0 Å². The molecule has 0 saturated heterocycles. The fourth-order valence-corrected chi connectivity index (χ4v) is 2.37. The SMILES string of the molecule is O=S(=O)(O)Cc1cc(O)ccc1OCc1ccccc1. The summed E-state index contributed by atoms with van der Waals surface area (Å²) in [5.74, 6) is -0.383. The van der Waals surface area contributed by atoms with E-state index in [4.69, 9.17) is 9.29 Å². The number of phenolic OH excluding ortho intramolecular Hbond substituents is 1. The summed E-state index contributed by atoms with van der Waals surface area (Å²) in [6, 6.07) is 13.5. The Morgan fingerprint density at radius 3 is 2.40 bits per heavy atom. The van der Waals surface area contributed by atoms with Crippen molar-refractivity contribution in [1.82, 2.24) is 0 Å². The topological polar surface area (TPSA) is 83.8 Å². The summed E-state index contributed by atoms with van der Waals surface area (Å²) in [6.07, 6.45) is 0. The second-order valence-corrected chi connectivity index (χ2v) is 5.75. The van der Waals surface area contributed by atoms with Crippen LogP contribution in [0.1, 0.15) is 11.1 Å². The normalized spacial score (nSPS) is 11.2. The Kier molecular flexibility index (Phi) is 4.26. The number of rotatable bonds is 5. The Morgan fingerprint density at radius 1 is 1.05 bits per heavy atom. The Balaban J connectivity index is 2.18. The number of phenols is 1. The Hall–Kier alpha value is -2.05. The number of hydrogen-bond donors (Lipinski definition) is 2. The maximum atomic E-state index is 11.0. The van der Waals surface area contributed by atoms with E-state index in [0.29, 0.717) is 5.75 Å². The van der Waals surface area contributed by atoms with Crippen LogP contribution < -0.4 is 4.74 Å². The molecule has 20 heavy (non-hydrogen) atoms. The molecule has 2 rings (SSSR count). The van der Waals surface area contributed by atoms with E-state index in [2.05, 4.69) is 0 Å². The van der Waals surface area contributed by atoms with Gasteiger partial charge in [-0.15, -0.1) is 0 Å². The summed E-state index contributed by atoms with van der Waals surface area (Å²) >= 11 is 0. The van der Waals surface area contributed by atoms with Gasteiger partial charge in [-0.2, -0.15) is 8.42 Å². The van der Waals surface area contributed by atoms with E-state index < -0.39 is 15.9 Å². The molecule has 0 aromatic heterocycles. The van der Waals surface area contributed by atoms with E-state index in [0.717, 1.165) is 5.56 Å². The van der Waals surface area contributed by atoms with Crippen molar-refractivity contribution >= 4 is 10.1 Å². The standard InChI is InChI=1S/C14H14O5S/c15-13-6-7-14(12(8-13)10-20(16,17)18)19-9-11-4-2-1-3-5-11/h1-8,15H,9-10H2,(H,16,17,18). The molecule has 0 atom stereocenters. The molecular weight excluding hydrogens is 280 g/mol. The van der Waals surface area contributed by atoms with Crippen LogP contribution in [0.5, 0.6) is 11.5 Å². The molecule has 0 radical (unpaired) electrons. The van der Waals surface area contributed by atoms with Gasteiger partial charge < -0.3 is 9.84 Å². The third-order valence-corrected chi connectivity index (χ3v) is 3.29. The summed E-state index contributed by atoms with van der Waals surface area (Å²) in [4.78, 5) is 0. The Morgan fingerprint density at radius 2 is 1.75 bits per heavy atom. The average molecular weight is 294 g/mol. The van der Waals surface area contributed by atoms with Crippen LogP contribution >= 0.6 is 0 Å². The van der Waals surface area contributed by atoms with E-state index in [1.54, 1.807) is 0 Å². The van der Waals surface area contributed by atoms with E-state index in [9.17, 15) is 13.5 Å². The fourth-order valence-electron chi connectivity index (χ4n) is 1.75.